The largest absolute Gasteiger partial charge is 0.474 e. The van der Waals surface area contributed by atoms with E-state index in [1.165, 1.54) is 0 Å². The standard InChI is InChI=1S/C29H35N7O4/c1-35-13-7-3-2-4-9-18-17-29(18,27(30)39)34-24(37)21-15-19(16-22(21)26(35)38)40-25-20-10-5-6-11-23(20)32-28(33-25)36-14-8-12-31-36/h4-6,8-12,18-19,21-22,31H,2-3,7,13-17H2,1H3,(H2,30,39)(H,34,37). The van der Waals surface area contributed by atoms with E-state index in [2.05, 4.69) is 15.7 Å². The van der Waals surface area contributed by atoms with Gasteiger partial charge in [0.2, 0.25) is 29.5 Å². The molecule has 11 nitrogen and oxygen atoms in total. The van der Waals surface area contributed by atoms with E-state index in [4.69, 9.17) is 15.5 Å². The zero-order valence-electron chi connectivity index (χ0n) is 22.6. The molecule has 0 radical (unpaired) electrons. The van der Waals surface area contributed by atoms with Crippen molar-refractivity contribution in [2.45, 2.75) is 50.2 Å². The predicted molar refractivity (Wildman–Crippen MR) is 149 cm³/mol. The number of hydrazine groups is 1. The second-order valence-electron chi connectivity index (χ2n) is 11.2. The van der Waals surface area contributed by atoms with E-state index in [0.29, 0.717) is 44.2 Å². The van der Waals surface area contributed by atoms with Crippen LogP contribution in [0.25, 0.3) is 10.9 Å². The highest BCUT2D eigenvalue weighted by Gasteiger charge is 2.60. The van der Waals surface area contributed by atoms with Crippen LogP contribution in [0.4, 0.5) is 5.95 Å². The lowest BCUT2D eigenvalue weighted by Gasteiger charge is -2.26. The quantitative estimate of drug-likeness (QED) is 0.494. The third-order valence-electron chi connectivity index (χ3n) is 8.55. The van der Waals surface area contributed by atoms with Crippen molar-refractivity contribution in [1.29, 1.82) is 0 Å². The van der Waals surface area contributed by atoms with Crippen molar-refractivity contribution in [1.82, 2.24) is 25.6 Å². The highest BCUT2D eigenvalue weighted by molar-refractivity contribution is 5.96. The monoisotopic (exact) mass is 545 g/mol. The lowest BCUT2D eigenvalue weighted by atomic mass is 9.93. The minimum absolute atomic E-state index is 0.0834. The Kier molecular flexibility index (Phi) is 6.81. The van der Waals surface area contributed by atoms with Crippen LogP contribution in [0.2, 0.25) is 0 Å². The van der Waals surface area contributed by atoms with Crippen LogP contribution in [0.15, 0.2) is 48.7 Å². The zero-order chi connectivity index (χ0) is 27.9. The van der Waals surface area contributed by atoms with E-state index in [9.17, 15) is 14.4 Å². The first-order chi connectivity index (χ1) is 19.4. The SMILES string of the molecule is CN1CCCCC=CC2CC2(C(N)=O)NC(=O)C2CC(Oc3nc(N4CC=CN4)nc4ccccc34)CC2C1=O. The minimum atomic E-state index is -1.09. The molecule has 6 rings (SSSR count). The van der Waals surface area contributed by atoms with Crippen molar-refractivity contribution in [3.63, 3.8) is 0 Å². The maximum atomic E-state index is 13.7. The van der Waals surface area contributed by atoms with E-state index in [-0.39, 0.29) is 17.7 Å². The van der Waals surface area contributed by atoms with Crippen LogP contribution in [-0.4, -0.2) is 64.4 Å². The van der Waals surface area contributed by atoms with Gasteiger partial charge in [0.15, 0.2) is 0 Å². The Morgan fingerprint density at radius 1 is 1.12 bits per heavy atom. The molecule has 4 aliphatic rings. The number of carbonyl (C=O) groups excluding carboxylic acids is 3. The number of hydrogen-bond acceptors (Lipinski definition) is 8. The molecule has 1 aromatic heterocycles. The average Bonchev–Trinajstić information content (AvgIpc) is 3.27. The number of anilines is 1. The number of hydrogen-bond donors (Lipinski definition) is 3. The summed E-state index contributed by atoms with van der Waals surface area (Å²) in [6.45, 7) is 1.23. The van der Waals surface area contributed by atoms with Crippen molar-refractivity contribution in [2.24, 2.45) is 23.5 Å². The number of rotatable bonds is 4. The van der Waals surface area contributed by atoms with E-state index in [0.717, 1.165) is 30.2 Å². The number of nitrogens with two attached hydrogens (primary N) is 1. The number of primary amides is 1. The van der Waals surface area contributed by atoms with Crippen LogP contribution in [0, 0.1) is 17.8 Å². The number of aromatic nitrogens is 2. The molecule has 5 unspecified atom stereocenters. The third-order valence-corrected chi connectivity index (χ3v) is 8.55. The smallest absolute Gasteiger partial charge is 0.248 e. The van der Waals surface area contributed by atoms with Crippen LogP contribution < -0.4 is 26.2 Å². The van der Waals surface area contributed by atoms with Gasteiger partial charge in [-0.05, 0) is 56.7 Å². The molecule has 0 saturated heterocycles. The molecule has 2 saturated carbocycles. The maximum Gasteiger partial charge on any atom is 0.248 e. The van der Waals surface area contributed by atoms with Gasteiger partial charge in [-0.1, -0.05) is 24.3 Å². The number of nitrogens with one attached hydrogen (secondary N) is 2. The fourth-order valence-corrected chi connectivity index (χ4v) is 6.13. The van der Waals surface area contributed by atoms with Crippen molar-refractivity contribution >= 4 is 34.6 Å². The molecule has 40 heavy (non-hydrogen) atoms. The molecule has 0 bridgehead atoms. The lowest BCUT2D eigenvalue weighted by molar-refractivity contribution is -0.140. The van der Waals surface area contributed by atoms with Crippen LogP contribution in [0.3, 0.4) is 0 Å². The second-order valence-corrected chi connectivity index (χ2v) is 11.2. The van der Waals surface area contributed by atoms with Crippen LogP contribution in [0.1, 0.15) is 38.5 Å². The molecule has 1 aromatic carbocycles. The molecule has 2 aliphatic heterocycles. The van der Waals surface area contributed by atoms with Gasteiger partial charge in [-0.2, -0.15) is 4.98 Å². The topological polar surface area (TPSA) is 143 Å². The molecule has 0 spiro atoms. The number of allylic oxidation sites excluding steroid dienone is 1. The Hall–Kier alpha value is -4.15. The summed E-state index contributed by atoms with van der Waals surface area (Å²) in [7, 11) is 1.79. The fourth-order valence-electron chi connectivity index (χ4n) is 6.13. The summed E-state index contributed by atoms with van der Waals surface area (Å²) in [6.07, 6.45) is 11.2. The average molecular weight is 546 g/mol. The minimum Gasteiger partial charge on any atom is -0.474 e. The number of nitrogens with zero attached hydrogens (tertiary/aromatic N) is 4. The number of carbonyl (C=O) groups is 3. The van der Waals surface area contributed by atoms with Gasteiger partial charge in [0.05, 0.1) is 29.3 Å². The van der Waals surface area contributed by atoms with Crippen LogP contribution >= 0.6 is 0 Å². The van der Waals surface area contributed by atoms with Gasteiger partial charge < -0.3 is 26.1 Å². The molecular weight excluding hydrogens is 510 g/mol. The Morgan fingerprint density at radius 3 is 2.75 bits per heavy atom. The van der Waals surface area contributed by atoms with E-state index in [1.807, 2.05) is 53.7 Å². The number of amides is 3. The Bertz CT molecular complexity index is 1390. The fraction of sp³-hybridized carbons (Fsp3) is 0.483. The summed E-state index contributed by atoms with van der Waals surface area (Å²) in [5, 5.41) is 5.51. The molecule has 2 fully saturated rings. The normalized spacial score (nSPS) is 30.3. The first-order valence-corrected chi connectivity index (χ1v) is 14.0. The van der Waals surface area contributed by atoms with Gasteiger partial charge in [-0.25, -0.2) is 4.98 Å². The number of ether oxygens (including phenoxy) is 1. The van der Waals surface area contributed by atoms with Gasteiger partial charge in [0, 0.05) is 25.7 Å². The van der Waals surface area contributed by atoms with Gasteiger partial charge in [-0.15, -0.1) is 0 Å². The molecular formula is C29H35N7O4. The van der Waals surface area contributed by atoms with Crippen LogP contribution in [-0.2, 0) is 14.4 Å². The number of para-hydroxylation sites is 1. The molecule has 210 valence electrons. The Morgan fingerprint density at radius 2 is 1.95 bits per heavy atom. The molecule has 4 N–H and O–H groups in total. The van der Waals surface area contributed by atoms with Crippen molar-refractivity contribution in [3.8, 4) is 5.88 Å². The molecule has 2 aliphatic carbocycles. The van der Waals surface area contributed by atoms with E-state index in [1.54, 1.807) is 11.9 Å². The first kappa shape index (κ1) is 26.1. The van der Waals surface area contributed by atoms with E-state index < -0.39 is 29.4 Å². The molecule has 3 heterocycles. The third kappa shape index (κ3) is 4.84. The predicted octanol–water partition coefficient (Wildman–Crippen LogP) is 1.80. The molecule has 11 heteroatoms. The van der Waals surface area contributed by atoms with Crippen molar-refractivity contribution < 1.29 is 19.1 Å². The molecule has 3 amide bonds. The molecule has 5 atom stereocenters. The maximum absolute atomic E-state index is 13.7. The lowest BCUT2D eigenvalue weighted by Crippen LogP contribution is -2.51. The van der Waals surface area contributed by atoms with Crippen molar-refractivity contribution in [2.75, 3.05) is 25.1 Å². The second kappa shape index (κ2) is 10.4. The highest BCUT2D eigenvalue weighted by Crippen LogP contribution is 2.46. The number of fused-ring (bicyclic) bond motifs is 3. The van der Waals surface area contributed by atoms with Gasteiger partial charge >= 0.3 is 0 Å². The van der Waals surface area contributed by atoms with Gasteiger partial charge in [-0.3, -0.25) is 19.4 Å². The van der Waals surface area contributed by atoms with Gasteiger partial charge in [0.1, 0.15) is 11.6 Å². The summed E-state index contributed by atoms with van der Waals surface area (Å²) >= 11 is 0. The van der Waals surface area contributed by atoms with Crippen molar-refractivity contribution in [3.05, 3.63) is 48.7 Å². The van der Waals surface area contributed by atoms with E-state index >= 15 is 0 Å². The highest BCUT2D eigenvalue weighted by atomic mass is 16.5. The summed E-state index contributed by atoms with van der Waals surface area (Å²) in [5.74, 6) is -1.42. The molecule has 2 aromatic rings. The summed E-state index contributed by atoms with van der Waals surface area (Å²) in [5.41, 5.74) is 8.51. The Balaban J connectivity index is 1.29. The zero-order valence-corrected chi connectivity index (χ0v) is 22.6. The number of benzene rings is 1. The summed E-state index contributed by atoms with van der Waals surface area (Å²) in [4.78, 5) is 50.8. The Labute approximate surface area is 232 Å². The summed E-state index contributed by atoms with van der Waals surface area (Å²) < 4.78 is 6.48. The summed E-state index contributed by atoms with van der Waals surface area (Å²) in [6, 6.07) is 7.61. The van der Waals surface area contributed by atoms with Gasteiger partial charge in [0.25, 0.3) is 0 Å². The first-order valence-electron chi connectivity index (χ1n) is 14.0. The van der Waals surface area contributed by atoms with Crippen LogP contribution in [0.5, 0.6) is 5.88 Å².